The van der Waals surface area contributed by atoms with E-state index in [1.165, 1.54) is 18.2 Å². The fraction of sp³-hybridized carbons (Fsp3) is 0.222. The van der Waals surface area contributed by atoms with Crippen LogP contribution in [0.1, 0.15) is 6.92 Å². The molecule has 0 aromatic heterocycles. The third-order valence-electron chi connectivity index (χ3n) is 1.40. The molecular formula is C9H8ClFO2. The molecule has 4 heteroatoms. The van der Waals surface area contributed by atoms with Gasteiger partial charge in [0, 0.05) is 6.07 Å². The lowest BCUT2D eigenvalue weighted by molar-refractivity contribution is -0.113. The third-order valence-corrected chi connectivity index (χ3v) is 1.69. The van der Waals surface area contributed by atoms with E-state index in [-0.39, 0.29) is 5.02 Å². The predicted molar refractivity (Wildman–Crippen MR) is 47.6 cm³/mol. The van der Waals surface area contributed by atoms with Crippen LogP contribution in [0.15, 0.2) is 18.2 Å². The first kappa shape index (κ1) is 9.99. The quantitative estimate of drug-likeness (QED) is 0.704. The largest absolute Gasteiger partial charge is 0.483 e. The maximum absolute atomic E-state index is 12.7. The molecule has 0 aliphatic heterocycles. The summed E-state index contributed by atoms with van der Waals surface area (Å²) >= 11 is 5.50. The first-order valence-corrected chi connectivity index (χ1v) is 4.08. The lowest BCUT2D eigenvalue weighted by Gasteiger charge is -2.08. The number of aldehydes is 1. The number of carbonyl (C=O) groups is 1. The third kappa shape index (κ3) is 2.70. The zero-order chi connectivity index (χ0) is 9.84. The van der Waals surface area contributed by atoms with E-state index in [0.717, 1.165) is 0 Å². The molecule has 0 radical (unpaired) electrons. The summed E-state index contributed by atoms with van der Waals surface area (Å²) in [6, 6.07) is 3.94. The molecule has 0 aliphatic carbocycles. The minimum absolute atomic E-state index is 0.0180. The molecule has 1 unspecified atom stereocenters. The molecule has 0 aliphatic rings. The molecule has 0 spiro atoms. The Morgan fingerprint density at radius 1 is 1.62 bits per heavy atom. The predicted octanol–water partition coefficient (Wildman–Crippen LogP) is 2.45. The van der Waals surface area contributed by atoms with Crippen molar-refractivity contribution in [3.8, 4) is 5.75 Å². The van der Waals surface area contributed by atoms with Gasteiger partial charge in [-0.1, -0.05) is 11.6 Å². The Labute approximate surface area is 80.3 Å². The smallest absolute Gasteiger partial charge is 0.160 e. The van der Waals surface area contributed by atoms with Crippen LogP contribution in [-0.4, -0.2) is 12.4 Å². The average molecular weight is 203 g/mol. The van der Waals surface area contributed by atoms with E-state index in [0.29, 0.717) is 12.0 Å². The van der Waals surface area contributed by atoms with Crippen LogP contribution >= 0.6 is 11.6 Å². The van der Waals surface area contributed by atoms with Crippen LogP contribution in [0.25, 0.3) is 0 Å². The minimum Gasteiger partial charge on any atom is -0.483 e. The second-order valence-electron chi connectivity index (χ2n) is 2.53. The van der Waals surface area contributed by atoms with Gasteiger partial charge in [0.15, 0.2) is 12.4 Å². The van der Waals surface area contributed by atoms with Crippen LogP contribution < -0.4 is 4.74 Å². The zero-order valence-corrected chi connectivity index (χ0v) is 7.72. The van der Waals surface area contributed by atoms with Gasteiger partial charge in [-0.15, -0.1) is 0 Å². The molecule has 1 atom stereocenters. The highest BCUT2D eigenvalue weighted by Crippen LogP contribution is 2.21. The Hall–Kier alpha value is -1.09. The molecular weight excluding hydrogens is 195 g/mol. The normalized spacial score (nSPS) is 12.2. The van der Waals surface area contributed by atoms with Crippen LogP contribution in [0.2, 0.25) is 5.02 Å². The number of hydrogen-bond acceptors (Lipinski definition) is 2. The van der Waals surface area contributed by atoms with Crippen molar-refractivity contribution in [2.75, 3.05) is 0 Å². The summed E-state index contributed by atoms with van der Waals surface area (Å²) < 4.78 is 17.7. The number of ether oxygens (including phenoxy) is 1. The van der Waals surface area contributed by atoms with Crippen molar-refractivity contribution < 1.29 is 13.9 Å². The van der Waals surface area contributed by atoms with Crippen LogP contribution in [0, 0.1) is 5.82 Å². The van der Waals surface area contributed by atoms with Crippen LogP contribution in [0.4, 0.5) is 4.39 Å². The maximum atomic E-state index is 12.7. The maximum Gasteiger partial charge on any atom is 0.160 e. The van der Waals surface area contributed by atoms with E-state index in [4.69, 9.17) is 16.3 Å². The highest BCUT2D eigenvalue weighted by Gasteiger charge is 2.04. The minimum atomic E-state index is -0.554. The van der Waals surface area contributed by atoms with Gasteiger partial charge in [0.05, 0.1) is 5.02 Å². The van der Waals surface area contributed by atoms with Gasteiger partial charge in [0.25, 0.3) is 0 Å². The Bertz CT molecular complexity index is 314. The molecule has 0 saturated heterocycles. The highest BCUT2D eigenvalue weighted by atomic mass is 35.5. The van der Waals surface area contributed by atoms with Crippen molar-refractivity contribution in [3.63, 3.8) is 0 Å². The van der Waals surface area contributed by atoms with Gasteiger partial charge in [-0.3, -0.25) is 4.79 Å². The Balaban J connectivity index is 2.79. The molecule has 0 amide bonds. The molecule has 2 nitrogen and oxygen atoms in total. The summed E-state index contributed by atoms with van der Waals surface area (Å²) in [5.41, 5.74) is 0. The van der Waals surface area contributed by atoms with Crippen molar-refractivity contribution in [1.29, 1.82) is 0 Å². The van der Waals surface area contributed by atoms with Crippen molar-refractivity contribution >= 4 is 17.9 Å². The fourth-order valence-electron chi connectivity index (χ4n) is 0.793. The van der Waals surface area contributed by atoms with Gasteiger partial charge in [-0.2, -0.15) is 0 Å². The highest BCUT2D eigenvalue weighted by molar-refractivity contribution is 6.30. The monoisotopic (exact) mass is 202 g/mol. The molecule has 0 bridgehead atoms. The van der Waals surface area contributed by atoms with Crippen molar-refractivity contribution in [3.05, 3.63) is 29.0 Å². The summed E-state index contributed by atoms with van der Waals surface area (Å²) in [5.74, 6) is -0.126. The molecule has 0 heterocycles. The second-order valence-corrected chi connectivity index (χ2v) is 2.94. The fourth-order valence-corrected chi connectivity index (χ4v) is 0.963. The molecule has 70 valence electrons. The zero-order valence-electron chi connectivity index (χ0n) is 6.96. The number of halogens is 2. The van der Waals surface area contributed by atoms with E-state index in [2.05, 4.69) is 0 Å². The van der Waals surface area contributed by atoms with E-state index in [1.54, 1.807) is 6.92 Å². The second kappa shape index (κ2) is 4.23. The standard InChI is InChI=1S/C9H8ClFO2/c1-6(5-12)13-7-2-3-9(11)8(10)4-7/h2-6H,1H3. The Morgan fingerprint density at radius 2 is 2.31 bits per heavy atom. The van der Waals surface area contributed by atoms with Crippen molar-refractivity contribution in [2.24, 2.45) is 0 Å². The first-order valence-electron chi connectivity index (χ1n) is 3.70. The van der Waals surface area contributed by atoms with Gasteiger partial charge in [0.1, 0.15) is 11.6 Å². The summed E-state index contributed by atoms with van der Waals surface area (Å²) in [4.78, 5) is 10.2. The molecule has 1 rings (SSSR count). The van der Waals surface area contributed by atoms with E-state index in [1.807, 2.05) is 0 Å². The summed E-state index contributed by atoms with van der Waals surface area (Å²) in [7, 11) is 0. The lowest BCUT2D eigenvalue weighted by Crippen LogP contribution is -2.12. The van der Waals surface area contributed by atoms with Gasteiger partial charge in [-0.25, -0.2) is 4.39 Å². The summed E-state index contributed by atoms with van der Waals surface area (Å²) in [6.45, 7) is 1.59. The van der Waals surface area contributed by atoms with Crippen LogP contribution in [0.3, 0.4) is 0 Å². The number of benzene rings is 1. The van der Waals surface area contributed by atoms with Crippen LogP contribution in [-0.2, 0) is 4.79 Å². The van der Waals surface area contributed by atoms with Gasteiger partial charge >= 0.3 is 0 Å². The number of rotatable bonds is 3. The Kier molecular flexibility index (Phi) is 3.25. The van der Waals surface area contributed by atoms with Crippen LogP contribution in [0.5, 0.6) is 5.75 Å². The van der Waals surface area contributed by atoms with Crippen molar-refractivity contribution in [1.82, 2.24) is 0 Å². The molecule has 1 aromatic rings. The molecule has 1 aromatic carbocycles. The van der Waals surface area contributed by atoms with Crippen molar-refractivity contribution in [2.45, 2.75) is 13.0 Å². The topological polar surface area (TPSA) is 26.3 Å². The van der Waals surface area contributed by atoms with E-state index in [9.17, 15) is 9.18 Å². The molecule has 0 fully saturated rings. The van der Waals surface area contributed by atoms with Gasteiger partial charge < -0.3 is 4.74 Å². The molecule has 13 heavy (non-hydrogen) atoms. The average Bonchev–Trinajstić information content (AvgIpc) is 2.11. The summed E-state index contributed by atoms with van der Waals surface area (Å²) in [5, 5.41) is -0.0180. The first-order chi connectivity index (χ1) is 6.13. The molecule has 0 saturated carbocycles. The van der Waals surface area contributed by atoms with E-state index < -0.39 is 11.9 Å². The number of carbonyl (C=O) groups excluding carboxylic acids is 1. The lowest BCUT2D eigenvalue weighted by atomic mass is 10.3. The van der Waals surface area contributed by atoms with Gasteiger partial charge in [0.2, 0.25) is 0 Å². The number of hydrogen-bond donors (Lipinski definition) is 0. The van der Waals surface area contributed by atoms with Gasteiger partial charge in [-0.05, 0) is 19.1 Å². The Morgan fingerprint density at radius 3 is 2.85 bits per heavy atom. The molecule has 0 N–H and O–H groups in total. The summed E-state index contributed by atoms with van der Waals surface area (Å²) in [6.07, 6.45) is 0.0959. The SMILES string of the molecule is CC(C=O)Oc1ccc(F)c(Cl)c1. The van der Waals surface area contributed by atoms with E-state index >= 15 is 0 Å².